The van der Waals surface area contributed by atoms with Crippen LogP contribution in [0.2, 0.25) is 0 Å². The van der Waals surface area contributed by atoms with Gasteiger partial charge in [-0.25, -0.2) is 0 Å². The summed E-state index contributed by atoms with van der Waals surface area (Å²) in [5.74, 6) is 0.255. The zero-order chi connectivity index (χ0) is 25.7. The lowest BCUT2D eigenvalue weighted by Crippen LogP contribution is -2.38. The molecule has 3 aromatic rings. The van der Waals surface area contributed by atoms with E-state index < -0.39 is 11.5 Å². The van der Waals surface area contributed by atoms with Crippen molar-refractivity contribution in [1.29, 1.82) is 0 Å². The Balaban J connectivity index is 1.87. The number of nitrogens with one attached hydrogen (secondary N) is 3. The second-order valence-corrected chi connectivity index (χ2v) is 8.77. The number of aryl methyl sites for hydroxylation is 1. The molecule has 0 saturated carbocycles. The lowest BCUT2D eigenvalue weighted by molar-refractivity contribution is 0.0907. The first-order chi connectivity index (χ1) is 16.7. The Bertz CT molecular complexity index is 1300. The summed E-state index contributed by atoms with van der Waals surface area (Å²) >= 11 is 0. The number of hydrogen-bond acceptors (Lipinski definition) is 6. The smallest absolute Gasteiger partial charge is 0.261 e. The molecule has 3 rings (SSSR count). The number of pyridine rings is 1. The number of hydrogen-bond donors (Lipinski definition) is 4. The molecule has 0 saturated heterocycles. The van der Waals surface area contributed by atoms with Gasteiger partial charge in [-0.05, 0) is 49.1 Å². The molecule has 1 atom stereocenters. The van der Waals surface area contributed by atoms with Crippen molar-refractivity contribution in [2.75, 3.05) is 26.1 Å². The SMILES string of the molecule is COc1cc2cc(C(=O)Nc3cc(C(=O)N[C@@H](CO)CC(C)C)ccc3C)c(=O)[nH]c2cc1OC. The number of aliphatic hydroxyl groups excluding tert-OH is 1. The van der Waals surface area contributed by atoms with E-state index in [2.05, 4.69) is 15.6 Å². The molecule has 0 aliphatic rings. The van der Waals surface area contributed by atoms with Gasteiger partial charge in [-0.1, -0.05) is 19.9 Å². The summed E-state index contributed by atoms with van der Waals surface area (Å²) in [4.78, 5) is 41.1. The van der Waals surface area contributed by atoms with Gasteiger partial charge in [-0.3, -0.25) is 14.4 Å². The molecule has 0 aliphatic carbocycles. The molecule has 186 valence electrons. The van der Waals surface area contributed by atoms with Crippen molar-refractivity contribution in [2.24, 2.45) is 5.92 Å². The van der Waals surface area contributed by atoms with Crippen LogP contribution in [0.25, 0.3) is 10.9 Å². The highest BCUT2D eigenvalue weighted by molar-refractivity contribution is 6.07. The van der Waals surface area contributed by atoms with E-state index >= 15 is 0 Å². The minimum atomic E-state index is -0.614. The van der Waals surface area contributed by atoms with Crippen LogP contribution < -0.4 is 25.7 Å². The van der Waals surface area contributed by atoms with Crippen molar-refractivity contribution < 1.29 is 24.2 Å². The van der Waals surface area contributed by atoms with Gasteiger partial charge in [-0.15, -0.1) is 0 Å². The van der Waals surface area contributed by atoms with E-state index in [0.29, 0.717) is 46.0 Å². The number of methoxy groups -OCH3 is 2. The van der Waals surface area contributed by atoms with Gasteiger partial charge in [0.05, 0.1) is 32.4 Å². The van der Waals surface area contributed by atoms with Crippen LogP contribution in [0.15, 0.2) is 41.2 Å². The van der Waals surface area contributed by atoms with E-state index in [-0.39, 0.29) is 24.1 Å². The number of ether oxygens (including phenoxy) is 2. The van der Waals surface area contributed by atoms with Gasteiger partial charge in [0.1, 0.15) is 5.56 Å². The summed E-state index contributed by atoms with van der Waals surface area (Å²) in [5.41, 5.74) is 1.30. The molecular weight excluding hydrogens is 450 g/mol. The zero-order valence-corrected chi connectivity index (χ0v) is 20.5. The Hall–Kier alpha value is -3.85. The number of H-pyrrole nitrogens is 1. The number of aliphatic hydroxyl groups is 1. The maximum atomic E-state index is 13.0. The summed E-state index contributed by atoms with van der Waals surface area (Å²) < 4.78 is 10.6. The number of aromatic nitrogens is 1. The molecule has 0 fully saturated rings. The molecule has 1 heterocycles. The van der Waals surface area contributed by atoms with E-state index in [4.69, 9.17) is 9.47 Å². The number of carbonyl (C=O) groups is 2. The number of benzene rings is 2. The Morgan fingerprint density at radius 2 is 1.71 bits per heavy atom. The highest BCUT2D eigenvalue weighted by atomic mass is 16.5. The van der Waals surface area contributed by atoms with Crippen LogP contribution in [0.1, 0.15) is 46.5 Å². The Labute approximate surface area is 203 Å². The minimum Gasteiger partial charge on any atom is -0.493 e. The van der Waals surface area contributed by atoms with E-state index in [1.807, 2.05) is 13.8 Å². The highest BCUT2D eigenvalue weighted by Crippen LogP contribution is 2.31. The third kappa shape index (κ3) is 5.99. The van der Waals surface area contributed by atoms with Gasteiger partial charge >= 0.3 is 0 Å². The lowest BCUT2D eigenvalue weighted by Gasteiger charge is -2.19. The van der Waals surface area contributed by atoms with E-state index in [1.165, 1.54) is 20.3 Å². The zero-order valence-electron chi connectivity index (χ0n) is 20.5. The summed E-state index contributed by atoms with van der Waals surface area (Å²) in [7, 11) is 3.00. The van der Waals surface area contributed by atoms with Crippen LogP contribution in [0.4, 0.5) is 5.69 Å². The minimum absolute atomic E-state index is 0.0868. The van der Waals surface area contributed by atoms with Crippen molar-refractivity contribution in [3.05, 3.63) is 63.4 Å². The van der Waals surface area contributed by atoms with Crippen LogP contribution in [0.3, 0.4) is 0 Å². The van der Waals surface area contributed by atoms with Crippen molar-refractivity contribution >= 4 is 28.4 Å². The largest absolute Gasteiger partial charge is 0.493 e. The molecule has 0 unspecified atom stereocenters. The number of fused-ring (bicyclic) bond motifs is 1. The van der Waals surface area contributed by atoms with Gasteiger partial charge in [0.15, 0.2) is 11.5 Å². The molecule has 9 nitrogen and oxygen atoms in total. The first-order valence-corrected chi connectivity index (χ1v) is 11.3. The average Bonchev–Trinajstić information content (AvgIpc) is 2.83. The van der Waals surface area contributed by atoms with E-state index in [9.17, 15) is 19.5 Å². The molecule has 0 radical (unpaired) electrons. The molecule has 0 aliphatic heterocycles. The predicted molar refractivity (Wildman–Crippen MR) is 135 cm³/mol. The number of aromatic amines is 1. The molecule has 4 N–H and O–H groups in total. The second-order valence-electron chi connectivity index (χ2n) is 8.77. The third-order valence-electron chi connectivity index (χ3n) is 5.65. The fraction of sp³-hybridized carbons (Fsp3) is 0.346. The van der Waals surface area contributed by atoms with Gasteiger partial charge in [0.2, 0.25) is 0 Å². The fourth-order valence-corrected chi connectivity index (χ4v) is 3.81. The van der Waals surface area contributed by atoms with Gasteiger partial charge in [-0.2, -0.15) is 0 Å². The highest BCUT2D eigenvalue weighted by Gasteiger charge is 2.18. The summed E-state index contributed by atoms with van der Waals surface area (Å²) in [5, 5.41) is 15.7. The fourth-order valence-electron chi connectivity index (χ4n) is 3.81. The van der Waals surface area contributed by atoms with Crippen molar-refractivity contribution in [3.63, 3.8) is 0 Å². The molecule has 0 bridgehead atoms. The Kier molecular flexibility index (Phi) is 8.14. The van der Waals surface area contributed by atoms with Crippen LogP contribution in [0.5, 0.6) is 11.5 Å². The molecule has 35 heavy (non-hydrogen) atoms. The van der Waals surface area contributed by atoms with Crippen molar-refractivity contribution in [2.45, 2.75) is 33.2 Å². The second kappa shape index (κ2) is 11.1. The van der Waals surface area contributed by atoms with Crippen LogP contribution in [-0.4, -0.2) is 48.8 Å². The van der Waals surface area contributed by atoms with Gasteiger partial charge < -0.3 is 30.2 Å². The topological polar surface area (TPSA) is 130 Å². The van der Waals surface area contributed by atoms with Gasteiger partial charge in [0, 0.05) is 22.7 Å². The molecule has 2 amide bonds. The summed E-state index contributed by atoms with van der Waals surface area (Å²) in [6.45, 7) is 5.64. The van der Waals surface area contributed by atoms with Crippen molar-refractivity contribution in [1.82, 2.24) is 10.3 Å². The first kappa shape index (κ1) is 25.8. The van der Waals surface area contributed by atoms with E-state index in [0.717, 1.165) is 5.56 Å². The molecule has 2 aromatic carbocycles. The van der Waals surface area contributed by atoms with E-state index in [1.54, 1.807) is 37.3 Å². The van der Waals surface area contributed by atoms with Crippen molar-refractivity contribution in [3.8, 4) is 11.5 Å². The predicted octanol–water partition coefficient (Wildman–Crippen LogP) is 3.24. The maximum Gasteiger partial charge on any atom is 0.261 e. The number of anilines is 1. The average molecular weight is 482 g/mol. The van der Waals surface area contributed by atoms with Crippen LogP contribution in [0, 0.1) is 12.8 Å². The number of amides is 2. The Morgan fingerprint density at radius 1 is 1.03 bits per heavy atom. The standard InChI is InChI=1S/C26H31N3O6/c1-14(2)8-18(13-30)27-24(31)16-7-6-15(3)20(10-16)28-25(32)19-9-17-11-22(34-4)23(35-5)12-21(17)29-26(19)33/h6-7,9-12,14,18,30H,8,13H2,1-5H3,(H,27,31)(H,28,32)(H,29,33)/t18-/m1/s1. The molecule has 1 aromatic heterocycles. The van der Waals surface area contributed by atoms with Crippen LogP contribution in [-0.2, 0) is 0 Å². The monoisotopic (exact) mass is 481 g/mol. The first-order valence-electron chi connectivity index (χ1n) is 11.3. The lowest BCUT2D eigenvalue weighted by atomic mass is 10.0. The van der Waals surface area contributed by atoms with Crippen LogP contribution >= 0.6 is 0 Å². The molecule has 0 spiro atoms. The third-order valence-corrected chi connectivity index (χ3v) is 5.65. The summed E-state index contributed by atoms with van der Waals surface area (Å²) in [6.07, 6.45) is 0.638. The Morgan fingerprint density at radius 3 is 2.34 bits per heavy atom. The molecule has 9 heteroatoms. The number of rotatable bonds is 9. The maximum absolute atomic E-state index is 13.0. The normalized spacial score (nSPS) is 11.9. The molecular formula is C26H31N3O6. The van der Waals surface area contributed by atoms with Gasteiger partial charge in [0.25, 0.3) is 17.4 Å². The quantitative estimate of drug-likeness (QED) is 0.371. The summed E-state index contributed by atoms with van der Waals surface area (Å²) in [6, 6.07) is 9.32. The number of carbonyl (C=O) groups excluding carboxylic acids is 2.